The van der Waals surface area contributed by atoms with Gasteiger partial charge in [-0.15, -0.1) is 0 Å². The first kappa shape index (κ1) is 16.4. The predicted octanol–water partition coefficient (Wildman–Crippen LogP) is 2.96. The third kappa shape index (κ3) is 3.14. The molecule has 2 heterocycles. The Balaban J connectivity index is 2.03. The van der Waals surface area contributed by atoms with Crippen molar-refractivity contribution in [3.05, 3.63) is 58.0 Å². The van der Waals surface area contributed by atoms with Crippen LogP contribution in [0.4, 0.5) is 24.8 Å². The Labute approximate surface area is 139 Å². The highest BCUT2D eigenvalue weighted by atomic mass is 19.4. The van der Waals surface area contributed by atoms with E-state index in [0.717, 1.165) is 12.1 Å². The minimum atomic E-state index is -4.66. The Morgan fingerprint density at radius 2 is 2.00 bits per heavy atom. The molecule has 6 nitrogen and oxygen atoms in total. The van der Waals surface area contributed by atoms with Crippen molar-refractivity contribution in [1.82, 2.24) is 14.5 Å². The van der Waals surface area contributed by atoms with Crippen molar-refractivity contribution in [2.75, 3.05) is 5.32 Å². The number of nitriles is 1. The van der Waals surface area contributed by atoms with Gasteiger partial charge in [-0.1, -0.05) is 0 Å². The van der Waals surface area contributed by atoms with Crippen LogP contribution in [-0.2, 0) is 13.2 Å². The molecular weight excluding hydrogens is 335 g/mol. The fraction of sp³-hybridized carbons (Fsp3) is 0.125. The number of nitrogens with one attached hydrogen (secondary N) is 1. The summed E-state index contributed by atoms with van der Waals surface area (Å²) in [6.07, 6.45) is -3.20. The lowest BCUT2D eigenvalue weighted by atomic mass is 10.1. The molecule has 126 valence electrons. The summed E-state index contributed by atoms with van der Waals surface area (Å²) in [6.45, 7) is 0. The number of pyridine rings is 1. The molecule has 3 rings (SSSR count). The summed E-state index contributed by atoms with van der Waals surface area (Å²) in [5, 5.41) is 12.1. The van der Waals surface area contributed by atoms with Gasteiger partial charge in [0, 0.05) is 30.4 Å². The van der Waals surface area contributed by atoms with Gasteiger partial charge in [-0.3, -0.25) is 9.36 Å². The van der Waals surface area contributed by atoms with E-state index in [1.165, 1.54) is 36.0 Å². The van der Waals surface area contributed by atoms with Gasteiger partial charge >= 0.3 is 6.18 Å². The van der Waals surface area contributed by atoms with Crippen LogP contribution in [0.3, 0.4) is 0 Å². The molecule has 0 amide bonds. The number of hydrogen-bond acceptors (Lipinski definition) is 5. The Morgan fingerprint density at radius 1 is 1.24 bits per heavy atom. The molecule has 0 fully saturated rings. The van der Waals surface area contributed by atoms with Crippen LogP contribution < -0.4 is 10.9 Å². The molecule has 3 aromatic rings. The van der Waals surface area contributed by atoms with Gasteiger partial charge < -0.3 is 5.32 Å². The Kier molecular flexibility index (Phi) is 3.88. The van der Waals surface area contributed by atoms with Crippen molar-refractivity contribution in [1.29, 1.82) is 5.26 Å². The van der Waals surface area contributed by atoms with E-state index in [1.54, 1.807) is 6.07 Å². The van der Waals surface area contributed by atoms with Crippen molar-refractivity contribution in [3.8, 4) is 6.07 Å². The van der Waals surface area contributed by atoms with Gasteiger partial charge in [-0.25, -0.2) is 4.98 Å². The van der Waals surface area contributed by atoms with E-state index in [1.807, 2.05) is 0 Å². The normalized spacial score (nSPS) is 11.3. The van der Waals surface area contributed by atoms with Crippen LogP contribution in [0, 0.1) is 11.3 Å². The molecule has 2 aromatic heterocycles. The number of anilines is 2. The number of fused-ring (bicyclic) bond motifs is 1. The molecule has 0 spiro atoms. The van der Waals surface area contributed by atoms with Gasteiger partial charge in [-0.2, -0.15) is 23.4 Å². The van der Waals surface area contributed by atoms with Gasteiger partial charge in [0.1, 0.15) is 5.65 Å². The highest BCUT2D eigenvalue weighted by Gasteiger charge is 2.33. The van der Waals surface area contributed by atoms with Crippen LogP contribution in [0.25, 0.3) is 11.0 Å². The number of halogens is 3. The molecule has 0 saturated carbocycles. The maximum atomic E-state index is 13.0. The number of rotatable bonds is 2. The number of aromatic nitrogens is 3. The maximum Gasteiger partial charge on any atom is 0.417 e. The first-order valence-electron chi connectivity index (χ1n) is 7.01. The van der Waals surface area contributed by atoms with E-state index in [4.69, 9.17) is 5.26 Å². The number of alkyl halides is 3. The molecule has 0 aliphatic rings. The van der Waals surface area contributed by atoms with Crippen LogP contribution in [0.2, 0.25) is 0 Å². The largest absolute Gasteiger partial charge is 0.417 e. The van der Waals surface area contributed by atoms with E-state index in [9.17, 15) is 18.0 Å². The second-order valence-corrected chi connectivity index (χ2v) is 5.20. The Morgan fingerprint density at radius 3 is 2.68 bits per heavy atom. The number of nitrogens with zero attached hydrogens (tertiary/aromatic N) is 4. The standard InChI is InChI=1S/C16H10F3N5O/c1-24-13(25)5-3-10-8-21-15(23-14(10)24)22-11-4-2-9(7-20)12(6-11)16(17,18)19/h2-6,8H,1H3,(H,21,22,23). The Bertz CT molecular complexity index is 1070. The first-order valence-corrected chi connectivity index (χ1v) is 7.01. The van der Waals surface area contributed by atoms with Gasteiger partial charge in [-0.05, 0) is 24.3 Å². The van der Waals surface area contributed by atoms with Crippen molar-refractivity contribution >= 4 is 22.7 Å². The highest BCUT2D eigenvalue weighted by Crippen LogP contribution is 2.34. The minimum Gasteiger partial charge on any atom is -0.324 e. The van der Waals surface area contributed by atoms with Crippen LogP contribution in [0.1, 0.15) is 11.1 Å². The fourth-order valence-electron chi connectivity index (χ4n) is 2.29. The lowest BCUT2D eigenvalue weighted by Crippen LogP contribution is -2.16. The molecule has 0 radical (unpaired) electrons. The van der Waals surface area contributed by atoms with Crippen LogP contribution in [-0.4, -0.2) is 14.5 Å². The number of benzene rings is 1. The number of aryl methyl sites for hydroxylation is 1. The molecule has 0 aliphatic heterocycles. The molecule has 9 heteroatoms. The van der Waals surface area contributed by atoms with Gasteiger partial charge in [0.2, 0.25) is 5.95 Å². The Hall–Kier alpha value is -3.41. The zero-order valence-electron chi connectivity index (χ0n) is 12.8. The minimum absolute atomic E-state index is 0.0338. The summed E-state index contributed by atoms with van der Waals surface area (Å²) in [5.74, 6) is 0.0338. The average molecular weight is 345 g/mol. The van der Waals surface area contributed by atoms with Crippen molar-refractivity contribution in [2.24, 2.45) is 7.05 Å². The zero-order valence-corrected chi connectivity index (χ0v) is 12.8. The second kappa shape index (κ2) is 5.90. The smallest absolute Gasteiger partial charge is 0.324 e. The summed E-state index contributed by atoms with van der Waals surface area (Å²) in [7, 11) is 1.53. The van der Waals surface area contributed by atoms with Gasteiger partial charge in [0.25, 0.3) is 5.56 Å². The molecular formula is C16H10F3N5O. The van der Waals surface area contributed by atoms with Crippen molar-refractivity contribution in [2.45, 2.75) is 6.18 Å². The predicted molar refractivity (Wildman–Crippen MR) is 84.2 cm³/mol. The average Bonchev–Trinajstić information content (AvgIpc) is 2.58. The van der Waals surface area contributed by atoms with E-state index in [-0.39, 0.29) is 17.2 Å². The van der Waals surface area contributed by atoms with Crippen LogP contribution in [0.5, 0.6) is 0 Å². The summed E-state index contributed by atoms with van der Waals surface area (Å²) < 4.78 is 40.3. The molecule has 0 saturated heterocycles. The summed E-state index contributed by atoms with van der Waals surface area (Å²) in [6, 6.07) is 7.66. The second-order valence-electron chi connectivity index (χ2n) is 5.20. The fourth-order valence-corrected chi connectivity index (χ4v) is 2.29. The number of hydrogen-bond donors (Lipinski definition) is 1. The van der Waals surface area contributed by atoms with Crippen molar-refractivity contribution < 1.29 is 13.2 Å². The van der Waals surface area contributed by atoms with Crippen LogP contribution >= 0.6 is 0 Å². The highest BCUT2D eigenvalue weighted by molar-refractivity contribution is 5.75. The SMILES string of the molecule is Cn1c(=O)ccc2cnc(Nc3ccc(C#N)c(C(F)(F)F)c3)nc21. The molecule has 1 aromatic carbocycles. The van der Waals surface area contributed by atoms with Gasteiger partial charge in [0.05, 0.1) is 17.2 Å². The topological polar surface area (TPSA) is 83.6 Å². The third-order valence-corrected chi connectivity index (χ3v) is 3.55. The quantitative estimate of drug-likeness (QED) is 0.772. The van der Waals surface area contributed by atoms with E-state index in [0.29, 0.717) is 11.0 Å². The molecule has 25 heavy (non-hydrogen) atoms. The molecule has 0 aliphatic carbocycles. The first-order chi connectivity index (χ1) is 11.8. The van der Waals surface area contributed by atoms with Crippen LogP contribution in [0.15, 0.2) is 41.3 Å². The summed E-state index contributed by atoms with van der Waals surface area (Å²) in [5.41, 5.74) is -1.37. The van der Waals surface area contributed by atoms with E-state index >= 15 is 0 Å². The van der Waals surface area contributed by atoms with E-state index in [2.05, 4.69) is 15.3 Å². The lowest BCUT2D eigenvalue weighted by molar-refractivity contribution is -0.137. The van der Waals surface area contributed by atoms with Gasteiger partial charge in [0.15, 0.2) is 0 Å². The third-order valence-electron chi connectivity index (χ3n) is 3.55. The van der Waals surface area contributed by atoms with Crippen molar-refractivity contribution in [3.63, 3.8) is 0 Å². The summed E-state index contributed by atoms with van der Waals surface area (Å²) >= 11 is 0. The zero-order chi connectivity index (χ0) is 18.2. The molecule has 1 N–H and O–H groups in total. The maximum absolute atomic E-state index is 13.0. The monoisotopic (exact) mass is 345 g/mol. The molecule has 0 bridgehead atoms. The summed E-state index contributed by atoms with van der Waals surface area (Å²) in [4.78, 5) is 19.8. The van der Waals surface area contributed by atoms with E-state index < -0.39 is 17.3 Å². The molecule has 0 unspecified atom stereocenters. The molecule has 0 atom stereocenters. The lowest BCUT2D eigenvalue weighted by Gasteiger charge is -2.12.